The monoisotopic (exact) mass is 393 g/mol. The summed E-state index contributed by atoms with van der Waals surface area (Å²) in [5.41, 5.74) is 0.628. The first-order chi connectivity index (χ1) is 13.5. The number of amides is 2. The lowest BCUT2D eigenvalue weighted by Gasteiger charge is -2.20. The van der Waals surface area contributed by atoms with E-state index in [0.717, 1.165) is 37.4 Å². The molecule has 28 heavy (non-hydrogen) atoms. The van der Waals surface area contributed by atoms with E-state index in [4.69, 9.17) is 4.74 Å². The zero-order chi connectivity index (χ0) is 20.5. The highest BCUT2D eigenvalue weighted by Crippen LogP contribution is 2.27. The molecule has 1 aliphatic heterocycles. The number of ether oxygens (including phenoxy) is 1. The van der Waals surface area contributed by atoms with Crippen LogP contribution in [0, 0.1) is 10.1 Å². The summed E-state index contributed by atoms with van der Waals surface area (Å²) in [5.74, 6) is -0.263. The molecule has 1 aliphatic rings. The van der Waals surface area contributed by atoms with Crippen LogP contribution in [0.5, 0.6) is 5.75 Å². The summed E-state index contributed by atoms with van der Waals surface area (Å²) in [6, 6.07) is 4.87. The van der Waals surface area contributed by atoms with Gasteiger partial charge in [0.05, 0.1) is 17.7 Å². The fourth-order valence-corrected chi connectivity index (χ4v) is 3.18. The number of nitrogens with zero attached hydrogens (tertiary/aromatic N) is 3. The third-order valence-corrected chi connectivity index (χ3v) is 4.42. The van der Waals surface area contributed by atoms with Crippen molar-refractivity contribution in [1.29, 1.82) is 0 Å². The Kier molecular flexibility index (Phi) is 8.19. The Morgan fingerprint density at radius 2 is 1.71 bits per heavy atom. The number of hydrogen-bond acceptors (Lipinski definition) is 7. The van der Waals surface area contributed by atoms with Gasteiger partial charge in [0.2, 0.25) is 0 Å². The summed E-state index contributed by atoms with van der Waals surface area (Å²) < 4.78 is 5.78. The van der Waals surface area contributed by atoms with Crippen molar-refractivity contribution in [2.24, 2.45) is 0 Å². The number of hydrogen-bond donors (Lipinski definition) is 0. The van der Waals surface area contributed by atoms with Crippen LogP contribution in [0.1, 0.15) is 53.8 Å². The molecule has 154 valence electrons. The zero-order valence-electron chi connectivity index (χ0n) is 16.4. The van der Waals surface area contributed by atoms with E-state index in [1.807, 2.05) is 0 Å². The van der Waals surface area contributed by atoms with Gasteiger partial charge in [0.15, 0.2) is 0 Å². The lowest BCUT2D eigenvalue weighted by molar-refractivity contribution is -0.757. The molecule has 9 nitrogen and oxygen atoms in total. The van der Waals surface area contributed by atoms with Gasteiger partial charge in [-0.25, -0.2) is 0 Å². The number of carbonyl (C=O) groups excluding carboxylic acids is 2. The van der Waals surface area contributed by atoms with Crippen LogP contribution in [0.3, 0.4) is 0 Å². The van der Waals surface area contributed by atoms with E-state index >= 15 is 0 Å². The molecule has 0 N–H and O–H groups in total. The standard InChI is InChI=1S/C19H27N3O6/c1-3-8-20(9-4-2)11-13-27-15-6-7-16-17(14-15)19(24)21(18(16)23)10-5-12-28-22(25)26/h6-7,14H,3-5,8-13H2,1-2H3. The van der Waals surface area contributed by atoms with E-state index in [1.165, 1.54) is 0 Å². The van der Waals surface area contributed by atoms with Crippen molar-refractivity contribution in [1.82, 2.24) is 9.80 Å². The van der Waals surface area contributed by atoms with Gasteiger partial charge in [0.25, 0.3) is 16.9 Å². The predicted octanol–water partition coefficient (Wildman–Crippen LogP) is 2.38. The smallest absolute Gasteiger partial charge is 0.294 e. The van der Waals surface area contributed by atoms with Crippen LogP contribution in [-0.4, -0.2) is 66.1 Å². The first-order valence-electron chi connectivity index (χ1n) is 9.60. The van der Waals surface area contributed by atoms with E-state index in [2.05, 4.69) is 23.6 Å². The molecule has 0 aromatic heterocycles. The lowest BCUT2D eigenvalue weighted by atomic mass is 10.1. The normalized spacial score (nSPS) is 13.2. The maximum absolute atomic E-state index is 12.5. The number of rotatable bonds is 13. The van der Waals surface area contributed by atoms with Crippen LogP contribution in [0.4, 0.5) is 0 Å². The molecule has 0 aliphatic carbocycles. The average molecular weight is 393 g/mol. The Bertz CT molecular complexity index is 703. The molecule has 0 atom stereocenters. The maximum Gasteiger partial charge on any atom is 0.294 e. The third kappa shape index (κ3) is 5.66. The average Bonchev–Trinajstić information content (AvgIpc) is 2.89. The Balaban J connectivity index is 1.92. The molecule has 0 unspecified atom stereocenters. The van der Waals surface area contributed by atoms with Crippen molar-refractivity contribution in [2.75, 3.05) is 39.4 Å². The van der Waals surface area contributed by atoms with Gasteiger partial charge in [-0.2, -0.15) is 0 Å². The molecular formula is C19H27N3O6. The summed E-state index contributed by atoms with van der Waals surface area (Å²) in [5, 5.41) is 9.27. The second-order valence-electron chi connectivity index (χ2n) is 6.57. The van der Waals surface area contributed by atoms with Gasteiger partial charge in [-0.3, -0.25) is 19.4 Å². The molecule has 1 aromatic rings. The topological polar surface area (TPSA) is 102 Å². The van der Waals surface area contributed by atoms with Crippen molar-refractivity contribution in [3.05, 3.63) is 39.4 Å². The van der Waals surface area contributed by atoms with Crippen LogP contribution >= 0.6 is 0 Å². The van der Waals surface area contributed by atoms with Crippen molar-refractivity contribution in [2.45, 2.75) is 33.1 Å². The molecule has 2 rings (SSSR count). The molecule has 0 saturated carbocycles. The molecule has 0 fully saturated rings. The fourth-order valence-electron chi connectivity index (χ4n) is 3.18. The third-order valence-electron chi connectivity index (χ3n) is 4.42. The predicted molar refractivity (Wildman–Crippen MR) is 102 cm³/mol. The van der Waals surface area contributed by atoms with E-state index in [0.29, 0.717) is 23.5 Å². The number of benzene rings is 1. The molecule has 0 radical (unpaired) electrons. The summed E-state index contributed by atoms with van der Waals surface area (Å²) >= 11 is 0. The van der Waals surface area contributed by atoms with Crippen LogP contribution < -0.4 is 4.74 Å². The zero-order valence-corrected chi connectivity index (χ0v) is 16.4. The number of carbonyl (C=O) groups is 2. The SMILES string of the molecule is CCCN(CCC)CCOc1ccc2c(c1)C(=O)N(CCCO[N+](=O)[O-])C2=O. The first kappa shape index (κ1) is 21.6. The maximum atomic E-state index is 12.5. The van der Waals surface area contributed by atoms with Gasteiger partial charge in [0, 0.05) is 13.1 Å². The quantitative estimate of drug-likeness (QED) is 0.219. The summed E-state index contributed by atoms with van der Waals surface area (Å²) in [6.07, 6.45) is 2.36. The molecular weight excluding hydrogens is 366 g/mol. The van der Waals surface area contributed by atoms with Gasteiger partial charge in [-0.1, -0.05) is 13.8 Å². The minimum atomic E-state index is -0.895. The van der Waals surface area contributed by atoms with E-state index in [-0.39, 0.29) is 19.6 Å². The molecule has 9 heteroatoms. The van der Waals surface area contributed by atoms with Crippen LogP contribution in [0.15, 0.2) is 18.2 Å². The molecule has 1 heterocycles. The highest BCUT2D eigenvalue weighted by molar-refractivity contribution is 6.21. The molecule has 0 saturated heterocycles. The Hall–Kier alpha value is -2.68. The Morgan fingerprint density at radius 3 is 2.36 bits per heavy atom. The molecule has 2 amide bonds. The van der Waals surface area contributed by atoms with Gasteiger partial charge >= 0.3 is 0 Å². The minimum absolute atomic E-state index is 0.0688. The fraction of sp³-hybridized carbons (Fsp3) is 0.579. The van der Waals surface area contributed by atoms with Crippen molar-refractivity contribution in [3.8, 4) is 5.75 Å². The van der Waals surface area contributed by atoms with Gasteiger partial charge in [-0.15, -0.1) is 10.1 Å². The molecule has 0 spiro atoms. The van der Waals surface area contributed by atoms with Gasteiger partial charge in [-0.05, 0) is 50.6 Å². The molecule has 1 aromatic carbocycles. The highest BCUT2D eigenvalue weighted by Gasteiger charge is 2.35. The first-order valence-corrected chi connectivity index (χ1v) is 9.60. The van der Waals surface area contributed by atoms with Crippen molar-refractivity contribution in [3.63, 3.8) is 0 Å². The minimum Gasteiger partial charge on any atom is -0.492 e. The number of fused-ring (bicyclic) bond motifs is 1. The summed E-state index contributed by atoms with van der Waals surface area (Å²) in [6.45, 7) is 7.52. The van der Waals surface area contributed by atoms with Gasteiger partial charge < -0.3 is 9.57 Å². The Labute approximate surface area is 164 Å². The molecule has 0 bridgehead atoms. The highest BCUT2D eigenvalue weighted by atomic mass is 16.9. The second-order valence-corrected chi connectivity index (χ2v) is 6.57. The lowest BCUT2D eigenvalue weighted by Crippen LogP contribution is -2.31. The van der Waals surface area contributed by atoms with Gasteiger partial charge in [0.1, 0.15) is 12.4 Å². The van der Waals surface area contributed by atoms with Crippen molar-refractivity contribution < 1.29 is 24.3 Å². The van der Waals surface area contributed by atoms with Crippen LogP contribution in [0.25, 0.3) is 0 Å². The van der Waals surface area contributed by atoms with Crippen molar-refractivity contribution >= 4 is 11.8 Å². The Morgan fingerprint density at radius 1 is 1.04 bits per heavy atom. The van der Waals surface area contributed by atoms with E-state index in [9.17, 15) is 19.7 Å². The van der Waals surface area contributed by atoms with Crippen LogP contribution in [0.2, 0.25) is 0 Å². The van der Waals surface area contributed by atoms with E-state index in [1.54, 1.807) is 18.2 Å². The second kappa shape index (κ2) is 10.6. The summed E-state index contributed by atoms with van der Waals surface area (Å²) in [7, 11) is 0. The largest absolute Gasteiger partial charge is 0.492 e. The van der Waals surface area contributed by atoms with Crippen LogP contribution in [-0.2, 0) is 4.84 Å². The summed E-state index contributed by atoms with van der Waals surface area (Å²) in [4.78, 5) is 42.7. The number of imide groups is 1. The van der Waals surface area contributed by atoms with E-state index < -0.39 is 16.9 Å².